The first-order valence-corrected chi connectivity index (χ1v) is 46.8. The molecule has 33 nitrogen and oxygen atoms in total. The van der Waals surface area contributed by atoms with Crippen LogP contribution in [0.1, 0.15) is 107 Å². The molecule has 121 heavy (non-hydrogen) atoms. The van der Waals surface area contributed by atoms with E-state index in [1.807, 2.05) is 104 Å². The van der Waals surface area contributed by atoms with Gasteiger partial charge in [0.15, 0.2) is 0 Å². The van der Waals surface area contributed by atoms with Crippen molar-refractivity contribution in [1.29, 1.82) is 0 Å². The molecule has 0 bridgehead atoms. The molecule has 39 heteroatoms. The number of carboxylic acids is 2. The zero-order valence-electron chi connectivity index (χ0n) is 68.7. The first-order chi connectivity index (χ1) is 57.9. The second-order valence-corrected chi connectivity index (χ2v) is 35.3. The Bertz CT molecular complexity index is 5610. The van der Waals surface area contributed by atoms with Crippen LogP contribution in [-0.2, 0) is 64.1 Å². The monoisotopic (exact) mass is 1780 g/mol. The van der Waals surface area contributed by atoms with E-state index < -0.39 is 107 Å². The van der Waals surface area contributed by atoms with Gasteiger partial charge in [-0.05, 0) is 153 Å². The van der Waals surface area contributed by atoms with Gasteiger partial charge in [0.1, 0.15) is 78.9 Å². The molecular formula is C82H100Cl2N14O19S4. The van der Waals surface area contributed by atoms with Crippen LogP contribution in [0.4, 0.5) is 35.2 Å². The Balaban J connectivity index is 0.933. The smallest absolute Gasteiger partial charge is 0.303 e. The molecule has 2 aromatic heterocycles. The molecule has 1 fully saturated rings. The SMILES string of the molecule is CCN(CC)c1ccc2c(-c3cccc(S(=O)(=O)N(CCCCCC(=O)O)c4nc(Cl)nc(N5CCOCCOCCN(c6nc(Cl)nc(N(CCCCCC(=O)O)S(=O)(=O)c7cccc(-c8c9ccc(=[N+](CC)CC)cc-9oc9cc(N(CC)CC)ccc89)c7S(=O)(=O)[O-])n6)CCOCC5)n4)c3S(=O)(=O)[O-])c3ccc(=[N+](CC)CC)cc-3oc2c1. The molecule has 11 rings (SSSR count). The maximum Gasteiger partial charge on any atom is 0.303 e. The number of rotatable bonds is 34. The van der Waals surface area contributed by atoms with Gasteiger partial charge in [-0.25, -0.2) is 51.4 Å². The van der Waals surface area contributed by atoms with Crippen LogP contribution in [0.3, 0.4) is 0 Å². The fraction of sp³-hybridized carbons (Fsp3) is 0.439. The second-order valence-electron chi connectivity index (χ2n) is 28.3. The van der Waals surface area contributed by atoms with E-state index in [2.05, 4.69) is 48.9 Å². The highest BCUT2D eigenvalue weighted by molar-refractivity contribution is 7.94. The minimum absolute atomic E-state index is 0.00916. The summed E-state index contributed by atoms with van der Waals surface area (Å²) in [7, 11) is -22.1. The minimum Gasteiger partial charge on any atom is -0.744 e. The largest absolute Gasteiger partial charge is 0.744 e. The summed E-state index contributed by atoms with van der Waals surface area (Å²) >= 11 is 13.6. The highest BCUT2D eigenvalue weighted by Gasteiger charge is 2.38. The summed E-state index contributed by atoms with van der Waals surface area (Å²) in [4.78, 5) is 53.5. The minimum atomic E-state index is -5.76. The predicted octanol–water partition coefficient (Wildman–Crippen LogP) is 10.6. The van der Waals surface area contributed by atoms with Crippen molar-refractivity contribution in [1.82, 2.24) is 39.1 Å². The van der Waals surface area contributed by atoms with Gasteiger partial charge in [0, 0.05) is 158 Å². The molecule has 6 aromatic rings. The Labute approximate surface area is 713 Å². The molecule has 0 unspecified atom stereocenters. The van der Waals surface area contributed by atoms with Gasteiger partial charge in [-0.2, -0.15) is 29.9 Å². The molecule has 4 aromatic carbocycles. The number of halogens is 2. The number of fused-ring (bicyclic) bond motifs is 4. The van der Waals surface area contributed by atoms with E-state index in [1.165, 1.54) is 24.3 Å². The third-order valence-electron chi connectivity index (χ3n) is 21.1. The summed E-state index contributed by atoms with van der Waals surface area (Å²) in [5.41, 5.74) is 2.85. The van der Waals surface area contributed by atoms with E-state index in [4.69, 9.17) is 46.2 Å². The average molecular weight is 1780 g/mol. The molecular weight excluding hydrogens is 1680 g/mol. The van der Waals surface area contributed by atoms with E-state index in [9.17, 15) is 45.7 Å². The fourth-order valence-corrected chi connectivity index (χ4v) is 21.1. The Morgan fingerprint density at radius 2 is 0.810 bits per heavy atom. The molecule has 1 saturated heterocycles. The van der Waals surface area contributed by atoms with Crippen molar-refractivity contribution in [2.75, 3.05) is 159 Å². The lowest BCUT2D eigenvalue weighted by Gasteiger charge is -2.28. The van der Waals surface area contributed by atoms with E-state index in [0.29, 0.717) is 106 Å². The maximum atomic E-state index is 15.9. The zero-order valence-corrected chi connectivity index (χ0v) is 73.5. The van der Waals surface area contributed by atoms with Crippen molar-refractivity contribution in [3.63, 3.8) is 0 Å². The van der Waals surface area contributed by atoms with Gasteiger partial charge in [0.25, 0.3) is 20.0 Å². The summed E-state index contributed by atoms with van der Waals surface area (Å²) < 4.78 is 186. The van der Waals surface area contributed by atoms with E-state index in [-0.39, 0.29) is 151 Å². The predicted molar refractivity (Wildman–Crippen MR) is 460 cm³/mol. The maximum absolute atomic E-state index is 15.9. The highest BCUT2D eigenvalue weighted by Crippen LogP contribution is 2.48. The van der Waals surface area contributed by atoms with E-state index in [1.54, 1.807) is 34.1 Å². The Hall–Kier alpha value is -9.80. The van der Waals surface area contributed by atoms with Crippen LogP contribution < -0.4 is 48.1 Å². The lowest BCUT2D eigenvalue weighted by molar-refractivity contribution is -0.138. The molecule has 0 amide bonds. The molecule has 2 N–H and O–H groups in total. The quantitative estimate of drug-likeness (QED) is 0.0164. The standard InChI is InChI=1S/C82H100Cl2N14O19S4/c1-9-91(10-2)55-31-35-59-65(51-55)116-66-52-56(92(11-3)12-4)32-36-60(66)73(59)63-25-23-27-69(75(63)120(107,108)109)118(103,104)97(39-21-17-19-29-71(99)100)81-87-77(83)85-79(89-81)95-41-45-113-46-42-96(44-48-115-50-49-114-47-43-95)80-86-78(84)88-82(90-80)98(40-22-18-20-30-72(101)102)119(105,106)70-28-24-26-64(76(70)121(110,111)112)74-61-37-33-57(93(13-5)14-6)53-67(61)117-68-54-58(34-38-62(68)74)94(15-7)16-8/h23-28,31-38,51-54H,9-22,29-30,39-50H2,1-8H3,(H2-2,99,100,101,102,107,108,109,110,111,112). The van der Waals surface area contributed by atoms with E-state index in [0.717, 1.165) is 34.2 Å². The number of hydrogen-bond donors (Lipinski definition) is 2. The number of aliphatic carboxylic acids is 2. The number of carboxylic acid groups (broad SMARTS) is 2. The van der Waals surface area contributed by atoms with Crippen LogP contribution in [0.25, 0.3) is 66.8 Å². The molecule has 5 aliphatic rings. The van der Waals surface area contributed by atoms with Gasteiger partial charge >= 0.3 is 11.9 Å². The van der Waals surface area contributed by atoms with Crippen LogP contribution >= 0.6 is 23.2 Å². The van der Waals surface area contributed by atoms with Crippen molar-refractivity contribution in [3.05, 3.63) is 130 Å². The number of unbranched alkanes of at least 4 members (excludes halogenated alkanes) is 4. The number of sulfonamides is 2. The van der Waals surface area contributed by atoms with Crippen molar-refractivity contribution >= 4 is 133 Å². The molecule has 0 atom stereocenters. The number of benzene rings is 6. The van der Waals surface area contributed by atoms with Gasteiger partial charge in [0.2, 0.25) is 45.1 Å². The molecule has 3 aliphatic heterocycles. The molecule has 5 heterocycles. The first-order valence-electron chi connectivity index (χ1n) is 40.3. The second kappa shape index (κ2) is 40.9. The van der Waals surface area contributed by atoms with Crippen molar-refractivity contribution in [2.45, 2.75) is 126 Å². The molecule has 0 spiro atoms. The molecule has 650 valence electrons. The first kappa shape index (κ1) is 91.9. The Kier molecular flexibility index (Phi) is 31.1. The van der Waals surface area contributed by atoms with Gasteiger partial charge in [-0.1, -0.05) is 37.1 Å². The van der Waals surface area contributed by atoms with Crippen LogP contribution in [0.5, 0.6) is 0 Å². The third kappa shape index (κ3) is 21.5. The third-order valence-corrected chi connectivity index (χ3v) is 27.2. The van der Waals surface area contributed by atoms with E-state index >= 15 is 16.8 Å². The lowest BCUT2D eigenvalue weighted by Crippen LogP contribution is -2.37. The van der Waals surface area contributed by atoms with Crippen molar-refractivity contribution in [2.24, 2.45) is 0 Å². The average Bonchev–Trinajstić information content (AvgIpc) is 0.730. The molecule has 0 saturated carbocycles. The van der Waals surface area contributed by atoms with Gasteiger partial charge in [0.05, 0.1) is 61.6 Å². The molecule has 2 aliphatic carbocycles. The van der Waals surface area contributed by atoms with Crippen LogP contribution in [0.2, 0.25) is 10.6 Å². The fourth-order valence-electron chi connectivity index (χ4n) is 15.0. The summed E-state index contributed by atoms with van der Waals surface area (Å²) in [5.74, 6) is -3.14. The summed E-state index contributed by atoms with van der Waals surface area (Å²) in [6.07, 6.45) is -0.00597. The zero-order chi connectivity index (χ0) is 87.1. The number of aromatic nitrogens is 6. The number of anilines is 6. The highest BCUT2D eigenvalue weighted by atomic mass is 35.5. The van der Waals surface area contributed by atoms with Crippen LogP contribution in [0.15, 0.2) is 138 Å². The van der Waals surface area contributed by atoms with Crippen molar-refractivity contribution < 1.29 is 85.6 Å². The summed E-state index contributed by atoms with van der Waals surface area (Å²) in [6, 6.07) is 28.9. The lowest BCUT2D eigenvalue weighted by atomic mass is 9.93. The summed E-state index contributed by atoms with van der Waals surface area (Å²) in [6.45, 7) is 19.8. The van der Waals surface area contributed by atoms with Crippen LogP contribution in [-0.4, -0.2) is 226 Å². The van der Waals surface area contributed by atoms with Crippen LogP contribution in [0, 0.1) is 0 Å². The van der Waals surface area contributed by atoms with Gasteiger partial charge < -0.3 is 62.0 Å². The summed E-state index contributed by atoms with van der Waals surface area (Å²) in [5, 5.41) is 20.4. The Morgan fingerprint density at radius 1 is 0.446 bits per heavy atom. The van der Waals surface area contributed by atoms with Gasteiger partial charge in [-0.15, -0.1) is 0 Å². The number of carbonyl (C=O) groups is 2. The number of ether oxygens (including phenoxy) is 3. The Morgan fingerprint density at radius 3 is 1.15 bits per heavy atom. The number of hydrogen-bond acceptors (Lipinski definition) is 27. The van der Waals surface area contributed by atoms with Crippen molar-refractivity contribution in [3.8, 4) is 44.9 Å². The number of nitrogens with zero attached hydrogens (tertiary/aromatic N) is 14. The topological polar surface area (TPSA) is 414 Å². The normalized spacial score (nSPS) is 13.8. The molecule has 0 radical (unpaired) electrons. The van der Waals surface area contributed by atoms with Gasteiger partial charge in [-0.3, -0.25) is 9.59 Å².